The third-order valence-electron chi connectivity index (χ3n) is 4.27. The fraction of sp³-hybridized carbons (Fsp3) is 0.389. The van der Waals surface area contributed by atoms with Crippen molar-refractivity contribution in [3.8, 4) is 0 Å². The van der Waals surface area contributed by atoms with Gasteiger partial charge < -0.3 is 5.32 Å². The summed E-state index contributed by atoms with van der Waals surface area (Å²) >= 11 is 5.17. The van der Waals surface area contributed by atoms with E-state index in [4.69, 9.17) is 0 Å². The first-order chi connectivity index (χ1) is 11.2. The number of hydrogen-bond donors (Lipinski definition) is 1. The largest absolute Gasteiger partial charge is 0.350 e. The average molecular weight is 430 g/mol. The molecule has 0 bridgehead atoms. The van der Waals surface area contributed by atoms with Crippen molar-refractivity contribution in [3.63, 3.8) is 0 Å². The van der Waals surface area contributed by atoms with Crippen LogP contribution < -0.4 is 5.32 Å². The van der Waals surface area contributed by atoms with Gasteiger partial charge in [-0.2, -0.15) is 0 Å². The van der Waals surface area contributed by atoms with Crippen molar-refractivity contribution in [1.29, 1.82) is 0 Å². The van der Waals surface area contributed by atoms with E-state index in [0.717, 1.165) is 17.6 Å². The number of halogens is 2. The fourth-order valence-corrected chi connectivity index (χ4v) is 4.14. The van der Waals surface area contributed by atoms with Gasteiger partial charge in [-0.15, -0.1) is 23.7 Å². The average Bonchev–Trinajstić information content (AvgIpc) is 3.11. The van der Waals surface area contributed by atoms with Crippen molar-refractivity contribution in [2.24, 2.45) is 0 Å². The number of nitrogens with one attached hydrogen (secondary N) is 1. The monoisotopic (exact) mass is 428 g/mol. The Hall–Kier alpha value is -0.880. The van der Waals surface area contributed by atoms with Crippen LogP contribution in [0.1, 0.15) is 40.5 Å². The highest BCUT2D eigenvalue weighted by Crippen LogP contribution is 2.27. The summed E-state index contributed by atoms with van der Waals surface area (Å²) in [6.45, 7) is 2.91. The molecule has 1 saturated heterocycles. The van der Waals surface area contributed by atoms with Crippen LogP contribution in [-0.2, 0) is 0 Å². The Morgan fingerprint density at radius 3 is 2.50 bits per heavy atom. The smallest absolute Gasteiger partial charge is 0.251 e. The molecule has 2 heterocycles. The first-order valence-corrected chi connectivity index (χ1v) is 9.72. The summed E-state index contributed by atoms with van der Waals surface area (Å²) in [5.41, 5.74) is 0.705. The van der Waals surface area contributed by atoms with E-state index in [1.54, 1.807) is 11.3 Å². The van der Waals surface area contributed by atoms with Crippen LogP contribution in [0.5, 0.6) is 0 Å². The van der Waals surface area contributed by atoms with E-state index in [-0.39, 0.29) is 24.4 Å². The zero-order valence-electron chi connectivity index (χ0n) is 13.4. The molecule has 1 amide bonds. The van der Waals surface area contributed by atoms with Gasteiger partial charge in [-0.05, 0) is 61.6 Å². The lowest BCUT2D eigenvalue weighted by Gasteiger charge is -2.34. The van der Waals surface area contributed by atoms with Gasteiger partial charge in [0, 0.05) is 21.5 Å². The number of likely N-dealkylation sites (tertiary alicyclic amines) is 1. The van der Waals surface area contributed by atoms with Crippen LogP contribution in [0.25, 0.3) is 0 Å². The van der Waals surface area contributed by atoms with Crippen LogP contribution in [0.4, 0.5) is 0 Å². The maximum atomic E-state index is 12.4. The molecule has 1 aliphatic rings. The molecule has 6 heteroatoms. The Morgan fingerprint density at radius 1 is 1.17 bits per heavy atom. The standard InChI is InChI=1S/C18H21BrN2OS.ClH/c19-15-8-6-14(7-9-15)18(22)20-13-16(17-5-4-12-23-17)21-10-2-1-3-11-21;/h4-9,12,16H,1-3,10-11,13H2,(H,20,22);1H. The number of nitrogens with zero attached hydrogens (tertiary/aromatic N) is 1. The molecule has 1 aromatic heterocycles. The molecule has 130 valence electrons. The molecular weight excluding hydrogens is 408 g/mol. The van der Waals surface area contributed by atoms with E-state index >= 15 is 0 Å². The Labute approximate surface area is 162 Å². The molecule has 3 rings (SSSR count). The zero-order valence-corrected chi connectivity index (χ0v) is 16.6. The highest BCUT2D eigenvalue weighted by molar-refractivity contribution is 9.10. The number of carbonyl (C=O) groups is 1. The second kappa shape index (κ2) is 9.56. The van der Waals surface area contributed by atoms with Crippen LogP contribution in [0.3, 0.4) is 0 Å². The van der Waals surface area contributed by atoms with Crippen LogP contribution >= 0.6 is 39.7 Å². The summed E-state index contributed by atoms with van der Waals surface area (Å²) in [5, 5.41) is 5.23. The van der Waals surface area contributed by atoms with Gasteiger partial charge in [-0.25, -0.2) is 0 Å². The third kappa shape index (κ3) is 5.06. The molecule has 1 atom stereocenters. The predicted octanol–water partition coefficient (Wildman–Crippen LogP) is 4.89. The molecule has 1 unspecified atom stereocenters. The van der Waals surface area contributed by atoms with Crippen molar-refractivity contribution in [2.45, 2.75) is 25.3 Å². The van der Waals surface area contributed by atoms with Gasteiger partial charge in [0.25, 0.3) is 5.91 Å². The molecule has 0 spiro atoms. The van der Waals surface area contributed by atoms with Crippen molar-refractivity contribution in [1.82, 2.24) is 10.2 Å². The molecule has 1 N–H and O–H groups in total. The van der Waals surface area contributed by atoms with Crippen LogP contribution in [0.2, 0.25) is 0 Å². The summed E-state index contributed by atoms with van der Waals surface area (Å²) < 4.78 is 0.985. The predicted molar refractivity (Wildman–Crippen MR) is 106 cm³/mol. The van der Waals surface area contributed by atoms with E-state index in [1.807, 2.05) is 24.3 Å². The van der Waals surface area contributed by atoms with Crippen LogP contribution in [0.15, 0.2) is 46.3 Å². The Kier molecular flexibility index (Phi) is 7.75. The van der Waals surface area contributed by atoms with E-state index < -0.39 is 0 Å². The topological polar surface area (TPSA) is 32.3 Å². The molecule has 2 aromatic rings. The summed E-state index contributed by atoms with van der Waals surface area (Å²) in [7, 11) is 0. The minimum absolute atomic E-state index is 0. The lowest BCUT2D eigenvalue weighted by atomic mass is 10.1. The van der Waals surface area contributed by atoms with E-state index in [0.29, 0.717) is 12.1 Å². The van der Waals surface area contributed by atoms with Gasteiger partial charge in [-0.1, -0.05) is 28.4 Å². The Morgan fingerprint density at radius 2 is 1.88 bits per heavy atom. The molecule has 0 aliphatic carbocycles. The first kappa shape index (κ1) is 19.4. The van der Waals surface area contributed by atoms with Gasteiger partial charge >= 0.3 is 0 Å². The van der Waals surface area contributed by atoms with E-state index in [9.17, 15) is 4.79 Å². The number of hydrogen-bond acceptors (Lipinski definition) is 3. The maximum Gasteiger partial charge on any atom is 0.251 e. The summed E-state index contributed by atoms with van der Waals surface area (Å²) in [4.78, 5) is 16.2. The summed E-state index contributed by atoms with van der Waals surface area (Å²) in [6, 6.07) is 12.0. The van der Waals surface area contributed by atoms with E-state index in [2.05, 4.69) is 43.7 Å². The molecular formula is C18H22BrClN2OS. The molecule has 0 radical (unpaired) electrons. The third-order valence-corrected chi connectivity index (χ3v) is 5.77. The molecule has 1 fully saturated rings. The molecule has 24 heavy (non-hydrogen) atoms. The second-order valence-electron chi connectivity index (χ2n) is 5.84. The maximum absolute atomic E-state index is 12.4. The van der Waals surface area contributed by atoms with Gasteiger partial charge in [0.05, 0.1) is 6.04 Å². The van der Waals surface area contributed by atoms with Crippen molar-refractivity contribution < 1.29 is 4.79 Å². The minimum atomic E-state index is -0.00364. The molecule has 1 aliphatic heterocycles. The molecule has 0 saturated carbocycles. The minimum Gasteiger partial charge on any atom is -0.350 e. The molecule has 1 aromatic carbocycles. The van der Waals surface area contributed by atoms with Crippen LogP contribution in [-0.4, -0.2) is 30.4 Å². The number of thiophene rings is 1. The first-order valence-electron chi connectivity index (χ1n) is 8.05. The Bertz CT molecular complexity index is 627. The van der Waals surface area contributed by atoms with Crippen molar-refractivity contribution >= 4 is 45.6 Å². The number of benzene rings is 1. The number of carbonyl (C=O) groups excluding carboxylic acids is 1. The number of piperidine rings is 1. The normalized spacial score (nSPS) is 16.2. The lowest BCUT2D eigenvalue weighted by Crippen LogP contribution is -2.40. The van der Waals surface area contributed by atoms with Gasteiger partial charge in [0.15, 0.2) is 0 Å². The highest BCUT2D eigenvalue weighted by Gasteiger charge is 2.23. The quantitative estimate of drug-likeness (QED) is 0.734. The van der Waals surface area contributed by atoms with Crippen LogP contribution in [0, 0.1) is 0 Å². The molecule has 3 nitrogen and oxygen atoms in total. The second-order valence-corrected chi connectivity index (χ2v) is 7.74. The van der Waals surface area contributed by atoms with E-state index in [1.165, 1.54) is 24.1 Å². The van der Waals surface area contributed by atoms with Crippen molar-refractivity contribution in [2.75, 3.05) is 19.6 Å². The van der Waals surface area contributed by atoms with Gasteiger partial charge in [0.2, 0.25) is 0 Å². The lowest BCUT2D eigenvalue weighted by molar-refractivity contribution is 0.0925. The fourth-order valence-electron chi connectivity index (χ4n) is 3.01. The van der Waals surface area contributed by atoms with Gasteiger partial charge in [-0.3, -0.25) is 9.69 Å². The number of rotatable bonds is 5. The highest BCUT2D eigenvalue weighted by atomic mass is 79.9. The zero-order chi connectivity index (χ0) is 16.1. The van der Waals surface area contributed by atoms with Gasteiger partial charge in [0.1, 0.15) is 0 Å². The number of amides is 1. The summed E-state index contributed by atoms with van der Waals surface area (Å²) in [5.74, 6) is -0.00364. The summed E-state index contributed by atoms with van der Waals surface area (Å²) in [6.07, 6.45) is 3.82. The Balaban J connectivity index is 0.00000208. The van der Waals surface area contributed by atoms with Crippen molar-refractivity contribution in [3.05, 3.63) is 56.7 Å². The SMILES string of the molecule is Cl.O=C(NCC(c1cccs1)N1CCCCC1)c1ccc(Br)cc1.